The van der Waals surface area contributed by atoms with Gasteiger partial charge in [0.1, 0.15) is 6.10 Å². The van der Waals surface area contributed by atoms with E-state index in [1.807, 2.05) is 19.9 Å². The van der Waals surface area contributed by atoms with E-state index >= 15 is 0 Å². The average Bonchev–Trinajstić information content (AvgIpc) is 2.92. The van der Waals surface area contributed by atoms with Crippen LogP contribution in [0.4, 0.5) is 0 Å². The molecule has 0 unspecified atom stereocenters. The normalized spacial score (nSPS) is 35.2. The molecule has 0 radical (unpaired) electrons. The van der Waals surface area contributed by atoms with Gasteiger partial charge in [-0.1, -0.05) is 24.6 Å². The molecule has 0 aliphatic carbocycles. The van der Waals surface area contributed by atoms with Crippen LogP contribution in [0.5, 0.6) is 0 Å². The Bertz CT molecular complexity index is 467. The van der Waals surface area contributed by atoms with E-state index < -0.39 is 17.8 Å². The predicted molar refractivity (Wildman–Crippen MR) is 93.1 cm³/mol. The van der Waals surface area contributed by atoms with Crippen LogP contribution in [0.2, 0.25) is 0 Å². The molecule has 2 aliphatic rings. The summed E-state index contributed by atoms with van der Waals surface area (Å²) < 4.78 is 0. The molecule has 3 N–H and O–H groups in total. The van der Waals surface area contributed by atoms with Gasteiger partial charge in [0, 0.05) is 12.6 Å². The standard InChI is InChI=1S/C19H33NO3/c1-13(7-8-14(2)18(22)15(3)21)10-16-11-19(4,23)17-6-5-9-20(17)12-16/h8,10,13,15,17-18,21-23H,5-7,9,11-12H2,1-4H3/b14-8+,16-10+/t13-,15+,17-,18+,19-/m0/s1. The molecule has 4 nitrogen and oxygen atoms in total. The number of hydrogen-bond acceptors (Lipinski definition) is 4. The molecule has 2 rings (SSSR count). The summed E-state index contributed by atoms with van der Waals surface area (Å²) in [5.41, 5.74) is 1.53. The van der Waals surface area contributed by atoms with E-state index in [4.69, 9.17) is 0 Å². The van der Waals surface area contributed by atoms with E-state index in [1.165, 1.54) is 12.0 Å². The van der Waals surface area contributed by atoms with Crippen molar-refractivity contribution in [3.05, 3.63) is 23.3 Å². The van der Waals surface area contributed by atoms with E-state index in [1.54, 1.807) is 6.92 Å². The molecular formula is C19H33NO3. The fraction of sp³-hybridized carbons (Fsp3) is 0.789. The lowest BCUT2D eigenvalue weighted by Crippen LogP contribution is -2.52. The van der Waals surface area contributed by atoms with Crippen LogP contribution in [-0.2, 0) is 0 Å². The van der Waals surface area contributed by atoms with Gasteiger partial charge in [0.15, 0.2) is 0 Å². The van der Waals surface area contributed by atoms with Crippen LogP contribution in [0.15, 0.2) is 23.3 Å². The van der Waals surface area contributed by atoms with Gasteiger partial charge in [-0.25, -0.2) is 0 Å². The Balaban J connectivity index is 1.97. The third kappa shape index (κ3) is 4.66. The highest BCUT2D eigenvalue weighted by Gasteiger charge is 2.43. The molecule has 2 aliphatic heterocycles. The summed E-state index contributed by atoms with van der Waals surface area (Å²) in [6.07, 6.45) is 6.66. The Labute approximate surface area is 140 Å². The van der Waals surface area contributed by atoms with Gasteiger partial charge in [0.2, 0.25) is 0 Å². The Morgan fingerprint density at radius 3 is 2.74 bits per heavy atom. The summed E-state index contributed by atoms with van der Waals surface area (Å²) in [4.78, 5) is 2.42. The zero-order valence-corrected chi connectivity index (χ0v) is 15.0. The minimum atomic E-state index is -0.782. The van der Waals surface area contributed by atoms with Gasteiger partial charge in [-0.15, -0.1) is 0 Å². The highest BCUT2D eigenvalue weighted by Crippen LogP contribution is 2.37. The molecule has 0 amide bonds. The van der Waals surface area contributed by atoms with Crippen molar-refractivity contribution < 1.29 is 15.3 Å². The highest BCUT2D eigenvalue weighted by molar-refractivity contribution is 5.18. The lowest BCUT2D eigenvalue weighted by molar-refractivity contribution is -0.0330. The van der Waals surface area contributed by atoms with Crippen LogP contribution in [0.3, 0.4) is 0 Å². The maximum absolute atomic E-state index is 10.7. The third-order valence-corrected chi connectivity index (χ3v) is 5.33. The van der Waals surface area contributed by atoms with E-state index in [2.05, 4.69) is 17.9 Å². The molecule has 2 saturated heterocycles. The smallest absolute Gasteiger partial charge is 0.100 e. The second kappa shape index (κ2) is 7.47. The maximum atomic E-state index is 10.7. The predicted octanol–water partition coefficient (Wildman–Crippen LogP) is 2.25. The number of piperidine rings is 1. The van der Waals surface area contributed by atoms with E-state index in [0.29, 0.717) is 12.0 Å². The first-order valence-electron chi connectivity index (χ1n) is 8.89. The summed E-state index contributed by atoms with van der Waals surface area (Å²) in [6.45, 7) is 9.66. The molecule has 0 aromatic rings. The van der Waals surface area contributed by atoms with Gasteiger partial charge in [0.05, 0.1) is 11.7 Å². The van der Waals surface area contributed by atoms with Crippen LogP contribution in [-0.4, -0.2) is 57.2 Å². The summed E-state index contributed by atoms with van der Waals surface area (Å²) in [5.74, 6) is 0.358. The number of rotatable bonds is 5. The Morgan fingerprint density at radius 2 is 2.09 bits per heavy atom. The minimum absolute atomic E-state index is 0.318. The highest BCUT2D eigenvalue weighted by atomic mass is 16.3. The molecule has 132 valence electrons. The fourth-order valence-electron chi connectivity index (χ4n) is 4.07. The van der Waals surface area contributed by atoms with E-state index in [0.717, 1.165) is 37.9 Å². The van der Waals surface area contributed by atoms with Crippen molar-refractivity contribution in [3.63, 3.8) is 0 Å². The Kier molecular flexibility index (Phi) is 6.06. The maximum Gasteiger partial charge on any atom is 0.100 e. The van der Waals surface area contributed by atoms with Crippen molar-refractivity contribution in [2.24, 2.45) is 5.92 Å². The van der Waals surface area contributed by atoms with Crippen LogP contribution < -0.4 is 0 Å². The molecule has 4 heteroatoms. The Morgan fingerprint density at radius 1 is 1.39 bits per heavy atom. The summed E-state index contributed by atoms with van der Waals surface area (Å²) in [7, 11) is 0. The van der Waals surface area contributed by atoms with Gasteiger partial charge in [-0.3, -0.25) is 4.90 Å². The lowest BCUT2D eigenvalue weighted by Gasteiger charge is -2.43. The van der Waals surface area contributed by atoms with Crippen molar-refractivity contribution in [2.45, 2.75) is 77.2 Å². The van der Waals surface area contributed by atoms with Crippen molar-refractivity contribution >= 4 is 0 Å². The molecule has 0 aromatic carbocycles. The van der Waals surface area contributed by atoms with E-state index in [-0.39, 0.29) is 0 Å². The minimum Gasteiger partial charge on any atom is -0.390 e. The number of fused-ring (bicyclic) bond motifs is 1. The van der Waals surface area contributed by atoms with Gasteiger partial charge < -0.3 is 15.3 Å². The molecular weight excluding hydrogens is 290 g/mol. The third-order valence-electron chi connectivity index (χ3n) is 5.33. The van der Waals surface area contributed by atoms with Crippen LogP contribution in [0, 0.1) is 5.92 Å². The molecule has 2 fully saturated rings. The largest absolute Gasteiger partial charge is 0.390 e. The molecule has 0 saturated carbocycles. The van der Waals surface area contributed by atoms with Crippen molar-refractivity contribution in [1.82, 2.24) is 4.90 Å². The van der Waals surface area contributed by atoms with Gasteiger partial charge in [0.25, 0.3) is 0 Å². The molecule has 23 heavy (non-hydrogen) atoms. The SMILES string of the molecule is C/C(=C\C[C@H](C)/C=C1/CN2CCC[C@H]2[C@@](C)(O)C1)[C@@H](O)[C@@H](C)O. The lowest BCUT2D eigenvalue weighted by atomic mass is 9.82. The van der Waals surface area contributed by atoms with Crippen molar-refractivity contribution in [3.8, 4) is 0 Å². The summed E-state index contributed by atoms with van der Waals surface area (Å²) in [6, 6.07) is 0.318. The van der Waals surface area contributed by atoms with Crippen LogP contribution in [0.25, 0.3) is 0 Å². The van der Waals surface area contributed by atoms with Gasteiger partial charge in [-0.2, -0.15) is 0 Å². The van der Waals surface area contributed by atoms with Crippen LogP contribution in [0.1, 0.15) is 53.4 Å². The molecule has 0 bridgehead atoms. The molecule has 2 heterocycles. The second-order valence-electron chi connectivity index (χ2n) is 7.83. The average molecular weight is 323 g/mol. The molecule has 0 spiro atoms. The first kappa shape index (κ1) is 18.7. The second-order valence-corrected chi connectivity index (χ2v) is 7.83. The van der Waals surface area contributed by atoms with E-state index in [9.17, 15) is 15.3 Å². The Hall–Kier alpha value is -0.680. The summed E-state index contributed by atoms with van der Waals surface area (Å²) in [5, 5.41) is 30.0. The van der Waals surface area contributed by atoms with Crippen molar-refractivity contribution in [1.29, 1.82) is 0 Å². The topological polar surface area (TPSA) is 63.9 Å². The van der Waals surface area contributed by atoms with Crippen LogP contribution >= 0.6 is 0 Å². The summed E-state index contributed by atoms with van der Waals surface area (Å²) >= 11 is 0. The number of hydrogen-bond donors (Lipinski definition) is 3. The number of nitrogens with zero attached hydrogens (tertiary/aromatic N) is 1. The van der Waals surface area contributed by atoms with Gasteiger partial charge in [-0.05, 0) is 64.5 Å². The zero-order chi connectivity index (χ0) is 17.2. The number of aliphatic hydroxyl groups excluding tert-OH is 2. The van der Waals surface area contributed by atoms with Gasteiger partial charge >= 0.3 is 0 Å². The zero-order valence-electron chi connectivity index (χ0n) is 15.0. The van der Waals surface area contributed by atoms with Crippen molar-refractivity contribution in [2.75, 3.05) is 13.1 Å². The first-order valence-corrected chi connectivity index (χ1v) is 8.89. The monoisotopic (exact) mass is 323 g/mol. The molecule has 5 atom stereocenters. The quantitative estimate of drug-likeness (QED) is 0.679. The first-order chi connectivity index (χ1) is 10.7. The number of allylic oxidation sites excluding steroid dienone is 2. The number of aliphatic hydroxyl groups is 3. The molecule has 0 aromatic heterocycles. The fourth-order valence-corrected chi connectivity index (χ4v) is 4.07.